The Labute approximate surface area is 128 Å². The molecule has 2 unspecified atom stereocenters. The second-order valence-electron chi connectivity index (χ2n) is 7.78. The van der Waals surface area contributed by atoms with Gasteiger partial charge in [-0.05, 0) is 43.1 Å². The lowest BCUT2D eigenvalue weighted by Gasteiger charge is -2.38. The lowest BCUT2D eigenvalue weighted by Crippen LogP contribution is -2.34. The molecule has 2 rings (SSSR count). The van der Waals surface area contributed by atoms with Gasteiger partial charge in [0.15, 0.2) is 0 Å². The molecule has 21 heavy (non-hydrogen) atoms. The van der Waals surface area contributed by atoms with Gasteiger partial charge in [0, 0.05) is 6.54 Å². The van der Waals surface area contributed by atoms with Gasteiger partial charge in [0.05, 0.1) is 5.69 Å². The van der Waals surface area contributed by atoms with Crippen molar-refractivity contribution in [2.24, 2.45) is 17.3 Å². The van der Waals surface area contributed by atoms with Crippen LogP contribution in [0.3, 0.4) is 0 Å². The summed E-state index contributed by atoms with van der Waals surface area (Å²) in [6.45, 7) is 13.0. The highest BCUT2D eigenvalue weighted by Gasteiger charge is 2.33. The van der Waals surface area contributed by atoms with Gasteiger partial charge in [-0.25, -0.2) is 0 Å². The van der Waals surface area contributed by atoms with Gasteiger partial charge in [-0.2, -0.15) is 4.98 Å². The van der Waals surface area contributed by atoms with Crippen LogP contribution >= 0.6 is 0 Å². The molecule has 0 amide bonds. The lowest BCUT2D eigenvalue weighted by molar-refractivity contribution is 0.0365. The largest absolute Gasteiger partial charge is 0.447 e. The van der Waals surface area contributed by atoms with Gasteiger partial charge < -0.3 is 14.5 Å². The average molecular weight is 294 g/mol. The first kappa shape index (κ1) is 16.3. The van der Waals surface area contributed by atoms with Gasteiger partial charge in [-0.3, -0.25) is 0 Å². The van der Waals surface area contributed by atoms with E-state index in [0.29, 0.717) is 23.3 Å². The Balaban J connectivity index is 1.84. The SMILES string of the molecule is CC(C)CNCc1coc(OC2CC(C)CC(C)(C)C2)n1. The number of rotatable bonds is 6. The topological polar surface area (TPSA) is 47.3 Å². The van der Waals surface area contributed by atoms with Gasteiger partial charge in [0.25, 0.3) is 0 Å². The van der Waals surface area contributed by atoms with Crippen LogP contribution in [0.25, 0.3) is 0 Å². The summed E-state index contributed by atoms with van der Waals surface area (Å²) in [6, 6.07) is 0. The number of nitrogens with zero attached hydrogens (tertiary/aromatic N) is 1. The van der Waals surface area contributed by atoms with Crippen LogP contribution in [0.1, 0.15) is 59.6 Å². The molecular formula is C17H30N2O2. The zero-order valence-corrected chi connectivity index (χ0v) is 14.1. The molecule has 0 aromatic carbocycles. The van der Waals surface area contributed by atoms with Crippen LogP contribution in [0.2, 0.25) is 0 Å². The number of hydrogen-bond acceptors (Lipinski definition) is 4. The number of aromatic nitrogens is 1. The fraction of sp³-hybridized carbons (Fsp3) is 0.824. The standard InChI is InChI=1S/C17H30N2O2/c1-12(2)9-18-10-14-11-20-16(19-14)21-15-6-13(3)7-17(4,5)8-15/h11-13,15,18H,6-10H2,1-5H3. The van der Waals surface area contributed by atoms with E-state index < -0.39 is 0 Å². The molecule has 0 saturated heterocycles. The molecule has 1 aromatic rings. The van der Waals surface area contributed by atoms with E-state index in [9.17, 15) is 0 Å². The third-order valence-corrected chi connectivity index (χ3v) is 4.00. The van der Waals surface area contributed by atoms with Crippen molar-refractivity contribution in [1.29, 1.82) is 0 Å². The fourth-order valence-electron chi connectivity index (χ4n) is 3.40. The molecule has 0 bridgehead atoms. The Morgan fingerprint density at radius 2 is 2.19 bits per heavy atom. The van der Waals surface area contributed by atoms with Gasteiger partial charge >= 0.3 is 6.08 Å². The second-order valence-corrected chi connectivity index (χ2v) is 7.78. The van der Waals surface area contributed by atoms with Crippen molar-refractivity contribution in [2.45, 2.75) is 66.5 Å². The van der Waals surface area contributed by atoms with Crippen LogP contribution in [-0.4, -0.2) is 17.6 Å². The summed E-state index contributed by atoms with van der Waals surface area (Å²) in [5.74, 6) is 1.33. The van der Waals surface area contributed by atoms with Crippen LogP contribution in [0.15, 0.2) is 10.7 Å². The van der Waals surface area contributed by atoms with Crippen LogP contribution in [0, 0.1) is 17.3 Å². The maximum atomic E-state index is 5.96. The van der Waals surface area contributed by atoms with Gasteiger partial charge in [-0.15, -0.1) is 0 Å². The Kier molecular flexibility index (Phi) is 5.31. The van der Waals surface area contributed by atoms with E-state index in [1.807, 2.05) is 0 Å². The molecule has 0 radical (unpaired) electrons. The van der Waals surface area contributed by atoms with E-state index in [1.54, 1.807) is 6.26 Å². The summed E-state index contributed by atoms with van der Waals surface area (Å²) in [4.78, 5) is 4.42. The molecule has 0 spiro atoms. The highest BCUT2D eigenvalue weighted by molar-refractivity contribution is 5.00. The van der Waals surface area contributed by atoms with E-state index in [-0.39, 0.29) is 6.10 Å². The number of oxazole rings is 1. The summed E-state index contributed by atoms with van der Waals surface area (Å²) < 4.78 is 11.4. The van der Waals surface area contributed by atoms with Crippen molar-refractivity contribution in [2.75, 3.05) is 6.54 Å². The number of nitrogens with one attached hydrogen (secondary N) is 1. The van der Waals surface area contributed by atoms with Gasteiger partial charge in [0.2, 0.25) is 0 Å². The minimum Gasteiger partial charge on any atom is -0.447 e. The quantitative estimate of drug-likeness (QED) is 0.861. The Bertz CT molecular complexity index is 440. The van der Waals surface area contributed by atoms with E-state index in [4.69, 9.17) is 9.15 Å². The van der Waals surface area contributed by atoms with Crippen molar-refractivity contribution in [3.63, 3.8) is 0 Å². The zero-order chi connectivity index (χ0) is 15.5. The van der Waals surface area contributed by atoms with Gasteiger partial charge in [-0.1, -0.05) is 34.6 Å². The minimum atomic E-state index is 0.221. The molecule has 1 aliphatic rings. The summed E-state index contributed by atoms with van der Waals surface area (Å²) in [6.07, 6.45) is 5.76. The van der Waals surface area contributed by atoms with Gasteiger partial charge in [0.1, 0.15) is 12.4 Å². The van der Waals surface area contributed by atoms with Crippen molar-refractivity contribution >= 4 is 0 Å². The third-order valence-electron chi connectivity index (χ3n) is 4.00. The van der Waals surface area contributed by atoms with E-state index >= 15 is 0 Å². The molecule has 1 aliphatic carbocycles. The van der Waals surface area contributed by atoms with E-state index in [0.717, 1.165) is 31.6 Å². The summed E-state index contributed by atoms with van der Waals surface area (Å²) in [7, 11) is 0. The van der Waals surface area contributed by atoms with Crippen molar-refractivity contribution in [3.05, 3.63) is 12.0 Å². The maximum absolute atomic E-state index is 5.96. The summed E-state index contributed by atoms with van der Waals surface area (Å²) in [5, 5.41) is 3.36. The Morgan fingerprint density at radius 1 is 1.43 bits per heavy atom. The smallest absolute Gasteiger partial charge is 0.394 e. The third kappa shape index (κ3) is 5.34. The normalized spacial score (nSPS) is 25.2. The predicted molar refractivity (Wildman–Crippen MR) is 84.3 cm³/mol. The summed E-state index contributed by atoms with van der Waals surface area (Å²) in [5.41, 5.74) is 1.25. The molecule has 2 atom stereocenters. The van der Waals surface area contributed by atoms with Crippen molar-refractivity contribution in [3.8, 4) is 6.08 Å². The van der Waals surface area contributed by atoms with Crippen LogP contribution in [0.5, 0.6) is 6.08 Å². The molecule has 4 nitrogen and oxygen atoms in total. The van der Waals surface area contributed by atoms with Crippen LogP contribution in [-0.2, 0) is 6.54 Å². The Hall–Kier alpha value is -1.03. The lowest BCUT2D eigenvalue weighted by atomic mass is 9.71. The molecule has 1 saturated carbocycles. The van der Waals surface area contributed by atoms with E-state index in [1.165, 1.54) is 6.42 Å². The molecule has 1 N–H and O–H groups in total. The first-order valence-corrected chi connectivity index (χ1v) is 8.16. The average Bonchev–Trinajstić information content (AvgIpc) is 2.73. The van der Waals surface area contributed by atoms with Crippen LogP contribution in [0.4, 0.5) is 0 Å². The highest BCUT2D eigenvalue weighted by Crippen LogP contribution is 2.39. The molecular weight excluding hydrogens is 264 g/mol. The molecule has 4 heteroatoms. The first-order chi connectivity index (χ1) is 9.84. The number of hydrogen-bond donors (Lipinski definition) is 1. The zero-order valence-electron chi connectivity index (χ0n) is 14.1. The molecule has 1 aromatic heterocycles. The molecule has 120 valence electrons. The van der Waals surface area contributed by atoms with Crippen LogP contribution < -0.4 is 10.1 Å². The molecule has 1 fully saturated rings. The van der Waals surface area contributed by atoms with Crippen molar-refractivity contribution < 1.29 is 9.15 Å². The minimum absolute atomic E-state index is 0.221. The molecule has 0 aliphatic heterocycles. The number of ether oxygens (including phenoxy) is 1. The first-order valence-electron chi connectivity index (χ1n) is 8.16. The fourth-order valence-corrected chi connectivity index (χ4v) is 3.40. The predicted octanol–water partition coefficient (Wildman–Crippen LogP) is 4.01. The molecule has 1 heterocycles. The highest BCUT2D eigenvalue weighted by atomic mass is 16.6. The van der Waals surface area contributed by atoms with E-state index in [2.05, 4.69) is 44.9 Å². The second kappa shape index (κ2) is 6.82. The monoisotopic (exact) mass is 294 g/mol. The van der Waals surface area contributed by atoms with Crippen molar-refractivity contribution in [1.82, 2.24) is 10.3 Å². The maximum Gasteiger partial charge on any atom is 0.394 e. The summed E-state index contributed by atoms with van der Waals surface area (Å²) >= 11 is 0. The Morgan fingerprint density at radius 3 is 2.86 bits per heavy atom.